The van der Waals surface area contributed by atoms with Gasteiger partial charge in [-0.3, -0.25) is 0 Å². The Labute approximate surface area is 140 Å². The number of benzene rings is 4. The Morgan fingerprint density at radius 2 is 1.58 bits per heavy atom. The average molecular weight is 302 g/mol. The van der Waals surface area contributed by atoms with E-state index in [0.717, 1.165) is 5.56 Å². The van der Waals surface area contributed by atoms with Crippen molar-refractivity contribution in [1.82, 2.24) is 0 Å². The van der Waals surface area contributed by atoms with E-state index in [-0.39, 0.29) is 0 Å². The summed E-state index contributed by atoms with van der Waals surface area (Å²) in [6, 6.07) is 19.9. The lowest BCUT2D eigenvalue weighted by molar-refractivity contribution is 1.70. The maximum absolute atomic E-state index is 3.21. The van der Waals surface area contributed by atoms with Crippen LogP contribution in [0.5, 0.6) is 0 Å². The van der Waals surface area contributed by atoms with E-state index in [4.69, 9.17) is 0 Å². The lowest BCUT2D eigenvalue weighted by Gasteiger charge is -2.09. The van der Waals surface area contributed by atoms with E-state index >= 15 is 0 Å². The van der Waals surface area contributed by atoms with Crippen LogP contribution in [0.2, 0.25) is 0 Å². The van der Waals surface area contributed by atoms with Gasteiger partial charge in [0.15, 0.2) is 0 Å². The van der Waals surface area contributed by atoms with Gasteiger partial charge in [0.05, 0.1) is 0 Å². The fourth-order valence-corrected chi connectivity index (χ4v) is 3.65. The first-order chi connectivity index (χ1) is 11.8. The molecular weight excluding hydrogens is 288 g/mol. The third kappa shape index (κ3) is 1.83. The summed E-state index contributed by atoms with van der Waals surface area (Å²) in [4.78, 5) is 0. The summed E-state index contributed by atoms with van der Waals surface area (Å²) in [6.45, 7) is 1.87. The molecule has 0 aromatic heterocycles. The maximum Gasteiger partial charge on any atom is 0.0251 e. The van der Waals surface area contributed by atoms with Crippen LogP contribution in [0.1, 0.15) is 23.6 Å². The Morgan fingerprint density at radius 3 is 2.50 bits per heavy atom. The monoisotopic (exact) mass is 302 g/mol. The molecule has 0 radical (unpaired) electrons. The van der Waals surface area contributed by atoms with E-state index in [9.17, 15) is 0 Å². The number of rotatable bonds is 0. The highest BCUT2D eigenvalue weighted by Crippen LogP contribution is 2.34. The van der Waals surface area contributed by atoms with Crippen LogP contribution in [-0.4, -0.2) is 0 Å². The topological polar surface area (TPSA) is 0 Å². The van der Waals surface area contributed by atoms with Crippen molar-refractivity contribution in [3.05, 3.63) is 77.0 Å². The van der Waals surface area contributed by atoms with E-state index in [0.29, 0.717) is 0 Å². The molecule has 4 aromatic carbocycles. The Balaban J connectivity index is 1.87. The van der Waals surface area contributed by atoms with Crippen molar-refractivity contribution >= 4 is 44.5 Å². The summed E-state index contributed by atoms with van der Waals surface area (Å²) in [7, 11) is 0. The van der Waals surface area contributed by atoms with Crippen molar-refractivity contribution in [2.75, 3.05) is 0 Å². The van der Waals surface area contributed by atoms with Crippen molar-refractivity contribution in [2.24, 2.45) is 0 Å². The molecule has 0 N–H and O–H groups in total. The highest BCUT2D eigenvalue weighted by molar-refractivity contribution is 6.14. The summed E-state index contributed by atoms with van der Waals surface area (Å²) >= 11 is 0. The summed E-state index contributed by atoms with van der Waals surface area (Å²) in [5, 5.41) is 7.67. The van der Waals surface area contributed by atoms with Crippen LogP contribution >= 0.6 is 0 Å². The zero-order chi connectivity index (χ0) is 16.1. The standard InChI is InChI=1S/C24H14/c1-2-4-16-7-8-18-15-24-19(14-20(18)13-16)10-12-22-21-6-3-5-17(21)9-11-23(22)24/h5-15H,1H3. The molecule has 0 spiro atoms. The van der Waals surface area contributed by atoms with Gasteiger partial charge in [-0.05, 0) is 86.8 Å². The zero-order valence-electron chi connectivity index (χ0n) is 13.4. The van der Waals surface area contributed by atoms with Crippen LogP contribution in [0.15, 0.2) is 60.3 Å². The van der Waals surface area contributed by atoms with Crippen LogP contribution < -0.4 is 0 Å². The predicted octanol–water partition coefficient (Wildman–Crippen LogP) is 6.16. The molecule has 0 saturated carbocycles. The van der Waals surface area contributed by atoms with Crippen LogP contribution in [-0.2, 0) is 0 Å². The summed E-state index contributed by atoms with van der Waals surface area (Å²) in [5.74, 6) is 6.11. The van der Waals surface area contributed by atoms with Gasteiger partial charge in [-0.15, -0.1) is 11.7 Å². The fourth-order valence-electron chi connectivity index (χ4n) is 3.65. The molecule has 0 heterocycles. The minimum absolute atomic E-state index is 1.07. The molecule has 4 aromatic rings. The highest BCUT2D eigenvalue weighted by atomic mass is 14.1. The second-order valence-corrected chi connectivity index (χ2v) is 6.19. The second kappa shape index (κ2) is 4.87. The smallest absolute Gasteiger partial charge is 0.0251 e. The Kier molecular flexibility index (Phi) is 2.68. The van der Waals surface area contributed by atoms with Crippen molar-refractivity contribution < 1.29 is 0 Å². The average Bonchev–Trinajstić information content (AvgIpc) is 3.09. The third-order valence-corrected chi connectivity index (χ3v) is 4.79. The molecule has 0 heteroatoms. The van der Waals surface area contributed by atoms with Gasteiger partial charge in [-0.2, -0.15) is 0 Å². The van der Waals surface area contributed by atoms with Crippen LogP contribution in [0.4, 0.5) is 0 Å². The molecule has 0 unspecified atom stereocenters. The first kappa shape index (κ1) is 13.2. The normalized spacial score (nSPS) is 11.9. The van der Waals surface area contributed by atoms with Gasteiger partial charge in [-0.1, -0.05) is 36.3 Å². The predicted molar refractivity (Wildman–Crippen MR) is 104 cm³/mol. The molecule has 110 valence electrons. The lowest BCUT2D eigenvalue weighted by atomic mass is 9.94. The van der Waals surface area contributed by atoms with Crippen LogP contribution in [0.3, 0.4) is 0 Å². The second-order valence-electron chi connectivity index (χ2n) is 6.19. The first-order valence-corrected chi connectivity index (χ1v) is 8.12. The van der Waals surface area contributed by atoms with Gasteiger partial charge in [0, 0.05) is 5.56 Å². The minimum Gasteiger partial charge on any atom is -0.120 e. The van der Waals surface area contributed by atoms with Crippen molar-refractivity contribution in [1.29, 1.82) is 0 Å². The van der Waals surface area contributed by atoms with Crippen molar-refractivity contribution in [3.8, 4) is 11.8 Å². The van der Waals surface area contributed by atoms with Crippen LogP contribution in [0.25, 0.3) is 44.5 Å². The van der Waals surface area contributed by atoms with E-state index in [1.807, 2.05) is 6.92 Å². The molecular formula is C24H14. The van der Waals surface area contributed by atoms with Gasteiger partial charge >= 0.3 is 0 Å². The van der Waals surface area contributed by atoms with E-state index in [2.05, 4.69) is 84.3 Å². The summed E-state index contributed by atoms with van der Waals surface area (Å²) in [5.41, 5.74) is 6.82. The van der Waals surface area contributed by atoms with E-state index < -0.39 is 0 Å². The van der Waals surface area contributed by atoms with Crippen LogP contribution in [0, 0.1) is 11.8 Å². The van der Waals surface area contributed by atoms with Gasteiger partial charge in [0.1, 0.15) is 0 Å². The lowest BCUT2D eigenvalue weighted by Crippen LogP contribution is -1.85. The molecule has 0 aliphatic heterocycles. The molecule has 1 aliphatic carbocycles. The van der Waals surface area contributed by atoms with Gasteiger partial charge < -0.3 is 0 Å². The Hall–Kier alpha value is -3.26. The first-order valence-electron chi connectivity index (χ1n) is 8.12. The largest absolute Gasteiger partial charge is 0.120 e. The number of fused-ring (bicyclic) bond motifs is 6. The molecule has 0 saturated heterocycles. The molecule has 0 fully saturated rings. The highest BCUT2D eigenvalue weighted by Gasteiger charge is 2.09. The zero-order valence-corrected chi connectivity index (χ0v) is 13.4. The SMILES string of the molecule is CC#Cc1ccc2cc3c(ccc4c5c(ccc43)C=C=C5)cc2c1. The molecule has 1 aliphatic rings. The van der Waals surface area contributed by atoms with Gasteiger partial charge in [0.2, 0.25) is 0 Å². The molecule has 0 nitrogen and oxygen atoms in total. The molecule has 5 rings (SSSR count). The molecule has 24 heavy (non-hydrogen) atoms. The summed E-state index contributed by atoms with van der Waals surface area (Å²) < 4.78 is 0. The number of hydrogen-bond acceptors (Lipinski definition) is 0. The third-order valence-electron chi connectivity index (χ3n) is 4.79. The molecule has 0 atom stereocenters. The van der Waals surface area contributed by atoms with Gasteiger partial charge in [-0.25, -0.2) is 0 Å². The summed E-state index contributed by atoms with van der Waals surface area (Å²) in [6.07, 6.45) is 4.13. The molecule has 0 amide bonds. The molecule has 0 bridgehead atoms. The van der Waals surface area contributed by atoms with E-state index in [1.165, 1.54) is 43.4 Å². The van der Waals surface area contributed by atoms with Crippen molar-refractivity contribution in [3.63, 3.8) is 0 Å². The minimum atomic E-state index is 1.07. The Morgan fingerprint density at radius 1 is 0.708 bits per heavy atom. The van der Waals surface area contributed by atoms with E-state index in [1.54, 1.807) is 0 Å². The quantitative estimate of drug-likeness (QED) is 0.139. The number of hydrogen-bond donors (Lipinski definition) is 0. The maximum atomic E-state index is 3.21. The Bertz CT molecular complexity index is 1280. The van der Waals surface area contributed by atoms with Gasteiger partial charge in [0.25, 0.3) is 0 Å². The fraction of sp³-hybridized carbons (Fsp3) is 0.0417. The van der Waals surface area contributed by atoms with Crippen molar-refractivity contribution in [2.45, 2.75) is 6.92 Å².